The number of pyridine rings is 1. The Bertz CT molecular complexity index is 1440. The van der Waals surface area contributed by atoms with Crippen molar-refractivity contribution in [1.29, 1.82) is 0 Å². The van der Waals surface area contributed by atoms with Crippen molar-refractivity contribution in [2.24, 2.45) is 0 Å². The minimum atomic E-state index is -3.91. The van der Waals surface area contributed by atoms with Crippen LogP contribution in [0.15, 0.2) is 17.2 Å². The second-order valence-electron chi connectivity index (χ2n) is 10.2. The van der Waals surface area contributed by atoms with Crippen LogP contribution in [-0.2, 0) is 21.3 Å². The Morgan fingerprint density at radius 2 is 2.00 bits per heavy atom. The van der Waals surface area contributed by atoms with E-state index in [0.29, 0.717) is 28.2 Å². The van der Waals surface area contributed by atoms with Crippen LogP contribution in [0.4, 0.5) is 19.3 Å². The van der Waals surface area contributed by atoms with E-state index in [-0.39, 0.29) is 22.3 Å². The molecule has 3 aromatic rings. The lowest BCUT2D eigenvalue weighted by atomic mass is 10.2. The molecule has 1 aliphatic carbocycles. The minimum Gasteiger partial charge on any atom is -0.444 e. The van der Waals surface area contributed by atoms with E-state index in [0.717, 1.165) is 12.8 Å². The van der Waals surface area contributed by atoms with Crippen LogP contribution in [0.25, 0.3) is 16.3 Å². The molecule has 2 N–H and O–H groups in total. The van der Waals surface area contributed by atoms with Gasteiger partial charge in [-0.1, -0.05) is 11.3 Å². The predicted octanol–water partition coefficient (Wildman–Crippen LogP) is 4.03. The molecular formula is C22H29F2N7O4S2. The first-order valence-corrected chi connectivity index (χ1v) is 13.8. The molecule has 1 saturated carbocycles. The molecular weight excluding hydrogens is 528 g/mol. The van der Waals surface area contributed by atoms with E-state index >= 15 is 0 Å². The first kappa shape index (κ1) is 27.1. The monoisotopic (exact) mass is 557 g/mol. The number of anilines is 1. The van der Waals surface area contributed by atoms with Gasteiger partial charge in [-0.15, -0.1) is 10.2 Å². The fraction of sp³-hybridized carbons (Fsp3) is 0.545. The molecule has 3 aromatic heterocycles. The number of nitrogens with zero attached hydrogens (tertiary/aromatic N) is 5. The molecule has 0 bridgehead atoms. The number of aromatic nitrogens is 4. The van der Waals surface area contributed by atoms with Crippen LogP contribution in [0.2, 0.25) is 0 Å². The quantitative estimate of drug-likeness (QED) is 0.425. The van der Waals surface area contributed by atoms with Crippen molar-refractivity contribution in [1.82, 2.24) is 29.2 Å². The van der Waals surface area contributed by atoms with Gasteiger partial charge in [-0.2, -0.15) is 0 Å². The van der Waals surface area contributed by atoms with Gasteiger partial charge in [0.2, 0.25) is 10.0 Å². The first-order valence-electron chi connectivity index (χ1n) is 11.5. The Morgan fingerprint density at radius 3 is 2.54 bits per heavy atom. The molecule has 4 rings (SSSR count). The van der Waals surface area contributed by atoms with E-state index in [1.165, 1.54) is 28.6 Å². The zero-order valence-electron chi connectivity index (χ0n) is 21.3. The average molecular weight is 558 g/mol. The summed E-state index contributed by atoms with van der Waals surface area (Å²) in [5.74, 6) is 0.123. The number of sulfonamides is 1. The van der Waals surface area contributed by atoms with Gasteiger partial charge < -0.3 is 15.0 Å². The lowest BCUT2D eigenvalue weighted by Crippen LogP contribution is -2.34. The Hall–Kier alpha value is -2.91. The number of nitrogens with one attached hydrogen (secondary N) is 2. The second-order valence-corrected chi connectivity index (χ2v) is 12.9. The van der Waals surface area contributed by atoms with Crippen molar-refractivity contribution in [3.05, 3.63) is 23.0 Å². The number of imidazole rings is 1. The number of fused-ring (bicyclic) bond motifs is 1. The summed E-state index contributed by atoms with van der Waals surface area (Å²) in [6, 6.07) is 1.47. The SMILES string of the molecule is CNc1cc(S(=O)(=O)NC2(C)CC2)cn2c(-c3nnc(C(F)F)s3)nc(CN(C)C(=O)OC(C)(C)C)c12. The number of amides is 1. The molecule has 0 radical (unpaired) electrons. The van der Waals surface area contributed by atoms with Crippen LogP contribution >= 0.6 is 11.3 Å². The minimum absolute atomic E-state index is 0.00395. The third kappa shape index (κ3) is 5.83. The zero-order chi connectivity index (χ0) is 27.3. The summed E-state index contributed by atoms with van der Waals surface area (Å²) in [6.45, 7) is 7.06. The summed E-state index contributed by atoms with van der Waals surface area (Å²) in [5, 5.41) is 9.99. The third-order valence-corrected chi connectivity index (χ3v) is 8.18. The van der Waals surface area contributed by atoms with E-state index in [9.17, 15) is 22.0 Å². The normalized spacial score (nSPS) is 15.3. The molecule has 0 aromatic carbocycles. The standard InChI is InChI=1S/C22H29F2N7O4S2/c1-21(2,3)35-20(32)30(6)11-14-15-13(25-5)9-12(37(33,34)29-22(4)7-8-22)10-31(15)17(26-14)19-28-27-18(36-19)16(23)24/h9-10,16,25,29H,7-8,11H2,1-6H3. The third-order valence-electron chi connectivity index (χ3n) is 5.65. The maximum atomic E-state index is 13.2. The van der Waals surface area contributed by atoms with Crippen LogP contribution in [0.1, 0.15) is 57.7 Å². The van der Waals surface area contributed by atoms with E-state index in [1.54, 1.807) is 27.8 Å². The number of alkyl halides is 2. The van der Waals surface area contributed by atoms with E-state index in [2.05, 4.69) is 25.2 Å². The highest BCUT2D eigenvalue weighted by molar-refractivity contribution is 7.89. The van der Waals surface area contributed by atoms with Gasteiger partial charge in [0.1, 0.15) is 10.5 Å². The van der Waals surface area contributed by atoms with E-state index in [1.807, 2.05) is 6.92 Å². The highest BCUT2D eigenvalue weighted by atomic mass is 32.2. The number of halogens is 2. The number of carbonyl (C=O) groups is 1. The molecule has 0 spiro atoms. The van der Waals surface area contributed by atoms with Gasteiger partial charge in [-0.3, -0.25) is 4.40 Å². The van der Waals surface area contributed by atoms with Crippen LogP contribution in [0.5, 0.6) is 0 Å². The smallest absolute Gasteiger partial charge is 0.410 e. The first-order chi connectivity index (χ1) is 17.1. The summed E-state index contributed by atoms with van der Waals surface area (Å²) >= 11 is 0.656. The van der Waals surface area contributed by atoms with E-state index < -0.39 is 38.7 Å². The summed E-state index contributed by atoms with van der Waals surface area (Å²) in [4.78, 5) is 18.5. The summed E-state index contributed by atoms with van der Waals surface area (Å²) in [5.41, 5.74) is 0.0350. The largest absolute Gasteiger partial charge is 0.444 e. The van der Waals surface area contributed by atoms with Crippen molar-refractivity contribution in [3.63, 3.8) is 0 Å². The highest BCUT2D eigenvalue weighted by Gasteiger charge is 2.41. The predicted molar refractivity (Wildman–Crippen MR) is 134 cm³/mol. The molecule has 0 saturated heterocycles. The van der Waals surface area contributed by atoms with Crippen molar-refractivity contribution in [3.8, 4) is 10.8 Å². The number of carbonyl (C=O) groups excluding carboxylic acids is 1. The second kappa shape index (κ2) is 9.44. The van der Waals surface area contributed by atoms with Gasteiger partial charge in [0, 0.05) is 25.8 Å². The molecule has 1 fully saturated rings. The average Bonchev–Trinajstić information content (AvgIpc) is 3.19. The highest BCUT2D eigenvalue weighted by Crippen LogP contribution is 2.37. The van der Waals surface area contributed by atoms with Gasteiger partial charge in [-0.05, 0) is 46.6 Å². The summed E-state index contributed by atoms with van der Waals surface area (Å²) in [7, 11) is -0.751. The van der Waals surface area contributed by atoms with Crippen LogP contribution < -0.4 is 10.0 Å². The molecule has 3 heterocycles. The molecule has 37 heavy (non-hydrogen) atoms. The van der Waals surface area contributed by atoms with E-state index in [4.69, 9.17) is 4.74 Å². The Balaban J connectivity index is 1.86. The molecule has 0 aliphatic heterocycles. The Kier molecular flexibility index (Phi) is 6.92. The number of rotatable bonds is 8. The zero-order valence-corrected chi connectivity index (χ0v) is 22.9. The van der Waals surface area contributed by atoms with Crippen LogP contribution in [0, 0.1) is 0 Å². The van der Waals surface area contributed by atoms with Crippen LogP contribution in [0.3, 0.4) is 0 Å². The Labute approximate surface area is 217 Å². The molecule has 1 amide bonds. The molecule has 0 atom stereocenters. The van der Waals surface area contributed by atoms with Gasteiger partial charge in [0.05, 0.1) is 23.4 Å². The maximum absolute atomic E-state index is 13.2. The lowest BCUT2D eigenvalue weighted by Gasteiger charge is -2.24. The molecule has 0 unspecified atom stereocenters. The molecule has 15 heteroatoms. The number of ether oxygens (including phenoxy) is 1. The van der Waals surface area contributed by atoms with Crippen molar-refractivity contribution < 1.29 is 26.7 Å². The van der Waals surface area contributed by atoms with Crippen molar-refractivity contribution in [2.45, 2.75) is 69.5 Å². The van der Waals surface area contributed by atoms with Gasteiger partial charge in [-0.25, -0.2) is 31.7 Å². The van der Waals surface area contributed by atoms with Gasteiger partial charge >= 0.3 is 6.09 Å². The summed E-state index contributed by atoms with van der Waals surface area (Å²) < 4.78 is 62.4. The topological polar surface area (TPSA) is 131 Å². The maximum Gasteiger partial charge on any atom is 0.410 e. The molecule has 11 nitrogen and oxygen atoms in total. The van der Waals surface area contributed by atoms with Crippen molar-refractivity contribution in [2.75, 3.05) is 19.4 Å². The Morgan fingerprint density at radius 1 is 1.32 bits per heavy atom. The fourth-order valence-corrected chi connectivity index (χ4v) is 5.75. The number of hydrogen-bond donors (Lipinski definition) is 2. The van der Waals surface area contributed by atoms with Gasteiger partial charge in [0.25, 0.3) is 6.43 Å². The molecule has 202 valence electrons. The number of hydrogen-bond acceptors (Lipinski definition) is 9. The van der Waals surface area contributed by atoms with Gasteiger partial charge in [0.15, 0.2) is 15.8 Å². The molecule has 1 aliphatic rings. The lowest BCUT2D eigenvalue weighted by molar-refractivity contribution is 0.0284. The van der Waals surface area contributed by atoms with Crippen LogP contribution in [-0.4, -0.2) is 64.2 Å². The van der Waals surface area contributed by atoms with Crippen molar-refractivity contribution >= 4 is 38.7 Å². The summed E-state index contributed by atoms with van der Waals surface area (Å²) in [6.07, 6.45) is -0.578. The fourth-order valence-electron chi connectivity index (χ4n) is 3.58.